The molecule has 7 heteroatoms. The van der Waals surface area contributed by atoms with Crippen LogP contribution >= 0.6 is 11.6 Å². The Morgan fingerprint density at radius 2 is 1.76 bits per heavy atom. The third kappa shape index (κ3) is 4.55. The maximum atomic E-state index is 12.7. The van der Waals surface area contributed by atoms with Gasteiger partial charge in [0.1, 0.15) is 6.61 Å². The van der Waals surface area contributed by atoms with Gasteiger partial charge in [-0.1, -0.05) is 23.7 Å². The van der Waals surface area contributed by atoms with E-state index in [-0.39, 0.29) is 5.91 Å². The quantitative estimate of drug-likeness (QED) is 0.723. The molecule has 0 bridgehead atoms. The van der Waals surface area contributed by atoms with Crippen molar-refractivity contribution in [3.05, 3.63) is 47.0 Å². The van der Waals surface area contributed by atoms with E-state index in [2.05, 4.69) is 5.32 Å². The smallest absolute Gasteiger partial charge is 0.259 e. The molecule has 0 aliphatic rings. The fraction of sp³-hybridized carbons (Fsp3) is 0.278. The van der Waals surface area contributed by atoms with Crippen molar-refractivity contribution in [1.29, 1.82) is 0 Å². The molecule has 0 atom stereocenters. The Labute approximate surface area is 151 Å². The number of rotatable bonds is 8. The van der Waals surface area contributed by atoms with Crippen molar-refractivity contribution in [3.8, 4) is 17.2 Å². The molecule has 1 N–H and O–H groups in total. The van der Waals surface area contributed by atoms with Gasteiger partial charge in [0.2, 0.25) is 0 Å². The third-order valence-electron chi connectivity index (χ3n) is 3.40. The lowest BCUT2D eigenvalue weighted by Gasteiger charge is -2.15. The van der Waals surface area contributed by atoms with Gasteiger partial charge in [0.15, 0.2) is 17.2 Å². The SMILES string of the molecule is COCCOc1c(Cl)cccc1NC(=O)c1cccc(OC)c1OC. The number of benzene rings is 2. The van der Waals surface area contributed by atoms with E-state index < -0.39 is 0 Å². The van der Waals surface area contributed by atoms with Crippen LogP contribution in [0.3, 0.4) is 0 Å². The minimum absolute atomic E-state index is 0.311. The van der Waals surface area contributed by atoms with Gasteiger partial charge in [-0.05, 0) is 24.3 Å². The van der Waals surface area contributed by atoms with Crippen LogP contribution in [0.5, 0.6) is 17.2 Å². The number of halogens is 1. The predicted octanol–water partition coefficient (Wildman–Crippen LogP) is 3.63. The number of para-hydroxylation sites is 2. The summed E-state index contributed by atoms with van der Waals surface area (Å²) in [6.45, 7) is 0.716. The average Bonchev–Trinajstić information content (AvgIpc) is 2.63. The summed E-state index contributed by atoms with van der Waals surface area (Å²) in [7, 11) is 4.57. The highest BCUT2D eigenvalue weighted by atomic mass is 35.5. The maximum Gasteiger partial charge on any atom is 0.259 e. The van der Waals surface area contributed by atoms with Crippen molar-refractivity contribution in [2.24, 2.45) is 0 Å². The monoisotopic (exact) mass is 365 g/mol. The molecule has 134 valence electrons. The van der Waals surface area contributed by atoms with Gasteiger partial charge in [-0.25, -0.2) is 0 Å². The second-order valence-electron chi connectivity index (χ2n) is 4.95. The molecule has 2 aromatic rings. The highest BCUT2D eigenvalue weighted by Gasteiger charge is 2.18. The van der Waals surface area contributed by atoms with Gasteiger partial charge >= 0.3 is 0 Å². The Bertz CT molecular complexity index is 735. The molecule has 1 amide bonds. The molecule has 0 aliphatic heterocycles. The zero-order valence-corrected chi connectivity index (χ0v) is 15.1. The zero-order valence-electron chi connectivity index (χ0n) is 14.3. The molecule has 0 saturated heterocycles. The minimum Gasteiger partial charge on any atom is -0.493 e. The highest BCUT2D eigenvalue weighted by Crippen LogP contribution is 2.35. The lowest BCUT2D eigenvalue weighted by molar-refractivity contribution is 0.102. The fourth-order valence-corrected chi connectivity index (χ4v) is 2.47. The molecular formula is C18H20ClNO5. The first kappa shape index (κ1) is 18.9. The van der Waals surface area contributed by atoms with Gasteiger partial charge in [-0.3, -0.25) is 4.79 Å². The molecule has 2 aromatic carbocycles. The molecule has 0 saturated carbocycles. The number of anilines is 1. The van der Waals surface area contributed by atoms with E-state index in [0.29, 0.717) is 46.7 Å². The van der Waals surface area contributed by atoms with Crippen molar-refractivity contribution in [2.75, 3.05) is 39.9 Å². The average molecular weight is 366 g/mol. The molecule has 0 heterocycles. The number of carbonyl (C=O) groups excluding carboxylic acids is 1. The van der Waals surface area contributed by atoms with Crippen molar-refractivity contribution < 1.29 is 23.7 Å². The number of nitrogens with one attached hydrogen (secondary N) is 1. The summed E-state index contributed by atoms with van der Waals surface area (Å²) in [4.78, 5) is 12.7. The van der Waals surface area contributed by atoms with E-state index in [1.807, 2.05) is 0 Å². The van der Waals surface area contributed by atoms with Gasteiger partial charge in [-0.2, -0.15) is 0 Å². The van der Waals surface area contributed by atoms with Crippen LogP contribution in [-0.4, -0.2) is 40.5 Å². The van der Waals surface area contributed by atoms with Crippen molar-refractivity contribution >= 4 is 23.2 Å². The molecular weight excluding hydrogens is 346 g/mol. The van der Waals surface area contributed by atoms with Crippen LogP contribution in [0.4, 0.5) is 5.69 Å². The number of ether oxygens (including phenoxy) is 4. The molecule has 0 unspecified atom stereocenters. The number of hydrogen-bond acceptors (Lipinski definition) is 5. The molecule has 0 radical (unpaired) electrons. The molecule has 25 heavy (non-hydrogen) atoms. The molecule has 2 rings (SSSR count). The second kappa shape index (κ2) is 9.15. The van der Waals surface area contributed by atoms with E-state index in [9.17, 15) is 4.79 Å². The summed E-state index contributed by atoms with van der Waals surface area (Å²) >= 11 is 6.18. The lowest BCUT2D eigenvalue weighted by Crippen LogP contribution is -2.15. The summed E-state index contributed by atoms with van der Waals surface area (Å²) in [5, 5.41) is 3.19. The minimum atomic E-state index is -0.366. The number of hydrogen-bond donors (Lipinski definition) is 1. The normalized spacial score (nSPS) is 10.2. The molecule has 6 nitrogen and oxygen atoms in total. The predicted molar refractivity (Wildman–Crippen MR) is 96.3 cm³/mol. The second-order valence-corrected chi connectivity index (χ2v) is 5.36. The van der Waals surface area contributed by atoms with Crippen molar-refractivity contribution in [2.45, 2.75) is 0 Å². The van der Waals surface area contributed by atoms with Gasteiger partial charge in [0, 0.05) is 7.11 Å². The molecule has 0 aromatic heterocycles. The number of carbonyl (C=O) groups is 1. The Kier molecular flexibility index (Phi) is 6.91. The summed E-state index contributed by atoms with van der Waals surface area (Å²) in [5.74, 6) is 0.843. The largest absolute Gasteiger partial charge is 0.493 e. The van der Waals surface area contributed by atoms with Gasteiger partial charge in [0.25, 0.3) is 5.91 Å². The first-order chi connectivity index (χ1) is 12.1. The Morgan fingerprint density at radius 1 is 1.00 bits per heavy atom. The van der Waals surface area contributed by atoms with Gasteiger partial charge in [-0.15, -0.1) is 0 Å². The summed E-state index contributed by atoms with van der Waals surface area (Å²) in [6.07, 6.45) is 0. The van der Waals surface area contributed by atoms with Crippen LogP contribution < -0.4 is 19.5 Å². The van der Waals surface area contributed by atoms with Gasteiger partial charge in [0.05, 0.1) is 37.1 Å². The number of methoxy groups -OCH3 is 3. The van der Waals surface area contributed by atoms with E-state index >= 15 is 0 Å². The van der Waals surface area contributed by atoms with Crippen LogP contribution in [0.1, 0.15) is 10.4 Å². The van der Waals surface area contributed by atoms with Gasteiger partial charge < -0.3 is 24.3 Å². The molecule has 0 aliphatic carbocycles. The highest BCUT2D eigenvalue weighted by molar-refractivity contribution is 6.32. The summed E-state index contributed by atoms with van der Waals surface area (Å²) in [5.41, 5.74) is 0.795. The van der Waals surface area contributed by atoms with Crippen LogP contribution in [0, 0.1) is 0 Å². The van der Waals surface area contributed by atoms with E-state index in [1.54, 1.807) is 43.5 Å². The van der Waals surface area contributed by atoms with Crippen LogP contribution in [-0.2, 0) is 4.74 Å². The zero-order chi connectivity index (χ0) is 18.2. The Morgan fingerprint density at radius 3 is 2.44 bits per heavy atom. The molecule has 0 spiro atoms. The van der Waals surface area contributed by atoms with E-state index in [1.165, 1.54) is 14.2 Å². The Hall–Kier alpha value is -2.44. The van der Waals surface area contributed by atoms with Crippen LogP contribution in [0.15, 0.2) is 36.4 Å². The standard InChI is InChI=1S/C18H20ClNO5/c1-22-10-11-25-17-13(19)7-5-8-14(17)20-18(21)12-6-4-9-15(23-2)16(12)24-3/h4-9H,10-11H2,1-3H3,(H,20,21). The van der Waals surface area contributed by atoms with E-state index in [0.717, 1.165) is 0 Å². The summed E-state index contributed by atoms with van der Waals surface area (Å²) < 4.78 is 21.1. The lowest BCUT2D eigenvalue weighted by atomic mass is 10.1. The topological polar surface area (TPSA) is 66.0 Å². The first-order valence-corrected chi connectivity index (χ1v) is 7.92. The molecule has 0 fully saturated rings. The van der Waals surface area contributed by atoms with Crippen LogP contribution in [0.2, 0.25) is 5.02 Å². The number of amides is 1. The van der Waals surface area contributed by atoms with Crippen LogP contribution in [0.25, 0.3) is 0 Å². The summed E-state index contributed by atoms with van der Waals surface area (Å²) in [6, 6.07) is 10.2. The third-order valence-corrected chi connectivity index (χ3v) is 3.69. The fourth-order valence-electron chi connectivity index (χ4n) is 2.24. The Balaban J connectivity index is 2.28. The van der Waals surface area contributed by atoms with E-state index in [4.69, 9.17) is 30.5 Å². The van der Waals surface area contributed by atoms with Crippen molar-refractivity contribution in [3.63, 3.8) is 0 Å². The maximum absolute atomic E-state index is 12.7. The van der Waals surface area contributed by atoms with Crippen molar-refractivity contribution in [1.82, 2.24) is 0 Å². The first-order valence-electron chi connectivity index (χ1n) is 7.55.